The van der Waals surface area contributed by atoms with Crippen LogP contribution in [0.4, 0.5) is 34.1 Å². The molecule has 5 heteroatoms. The maximum absolute atomic E-state index is 7.23. The Morgan fingerprint density at radius 3 is 1.34 bits per heavy atom. The lowest BCUT2D eigenvalue weighted by Gasteiger charge is -2.47. The van der Waals surface area contributed by atoms with Crippen molar-refractivity contribution in [3.63, 3.8) is 0 Å². The molecule has 3 aliphatic heterocycles. The van der Waals surface area contributed by atoms with E-state index in [-0.39, 0.29) is 23.0 Å². The van der Waals surface area contributed by atoms with E-state index < -0.39 is 0 Å². The Balaban J connectivity index is 1.16. The van der Waals surface area contributed by atoms with Gasteiger partial charge >= 0.3 is 0 Å². The summed E-state index contributed by atoms with van der Waals surface area (Å²) in [5, 5.41) is 2.48. The lowest BCUT2D eigenvalue weighted by atomic mass is 9.33. The van der Waals surface area contributed by atoms with E-state index in [1.165, 1.54) is 94.2 Å². The number of hydrogen-bond acceptors (Lipinski definition) is 3. The highest BCUT2D eigenvalue weighted by atomic mass is 16.5. The van der Waals surface area contributed by atoms with Gasteiger partial charge in [0, 0.05) is 72.6 Å². The number of benzene rings is 11. The van der Waals surface area contributed by atoms with Crippen molar-refractivity contribution in [3.05, 3.63) is 253 Å². The molecule has 0 bridgehead atoms. The third-order valence-corrected chi connectivity index (χ3v) is 17.8. The molecule has 4 nitrogen and oxygen atoms in total. The zero-order valence-electron chi connectivity index (χ0n) is 48.8. The summed E-state index contributed by atoms with van der Waals surface area (Å²) < 4.78 is 9.72. The molecule has 0 saturated carbocycles. The van der Waals surface area contributed by atoms with E-state index in [0.717, 1.165) is 56.5 Å². The number of ether oxygens (including phenoxy) is 1. The van der Waals surface area contributed by atoms with Crippen molar-refractivity contribution < 1.29 is 4.74 Å². The van der Waals surface area contributed by atoms with Gasteiger partial charge in [0.1, 0.15) is 11.5 Å². The summed E-state index contributed by atoms with van der Waals surface area (Å²) in [5.74, 6) is 1.65. The number of rotatable bonds is 4. The maximum atomic E-state index is 7.23. The van der Waals surface area contributed by atoms with Gasteiger partial charge < -0.3 is 19.1 Å². The van der Waals surface area contributed by atoms with Crippen LogP contribution in [-0.4, -0.2) is 11.3 Å². The van der Waals surface area contributed by atoms with Gasteiger partial charge in [-0.1, -0.05) is 226 Å². The Bertz CT molecular complexity index is 4490. The smallest absolute Gasteiger partial charge is 0.252 e. The zero-order chi connectivity index (χ0) is 56.7. The molecule has 0 fully saturated rings. The Labute approximate surface area is 489 Å². The van der Waals surface area contributed by atoms with Gasteiger partial charge in [0.2, 0.25) is 0 Å². The Kier molecular flexibility index (Phi) is 11.3. The first-order valence-electron chi connectivity index (χ1n) is 29.4. The minimum Gasteiger partial charge on any atom is -0.456 e. The Morgan fingerprint density at radius 2 is 0.771 bits per heavy atom. The lowest BCUT2D eigenvalue weighted by Crippen LogP contribution is -2.62. The summed E-state index contributed by atoms with van der Waals surface area (Å²) in [5.41, 5.74) is 26.4. The van der Waals surface area contributed by atoms with Crippen LogP contribution >= 0.6 is 0 Å². The van der Waals surface area contributed by atoms with Gasteiger partial charge in [-0.15, -0.1) is 0 Å². The summed E-state index contributed by atoms with van der Waals surface area (Å²) in [4.78, 5) is 5.37. The highest BCUT2D eigenvalue weighted by Gasteiger charge is 2.47. The second-order valence-corrected chi connectivity index (χ2v) is 26.1. The molecule has 0 spiro atoms. The monoisotopic (exact) mass is 1070 g/mol. The van der Waals surface area contributed by atoms with E-state index in [2.05, 4.69) is 313 Å². The number of aromatic nitrogens is 1. The maximum Gasteiger partial charge on any atom is 0.252 e. The molecule has 0 atom stereocenters. The molecule has 11 aromatic carbocycles. The Hall–Kier alpha value is -9.32. The van der Waals surface area contributed by atoms with Crippen LogP contribution in [0.3, 0.4) is 0 Å². The largest absolute Gasteiger partial charge is 0.456 e. The minimum atomic E-state index is -0.263. The molecule has 0 unspecified atom stereocenters. The van der Waals surface area contributed by atoms with Crippen LogP contribution in [0, 0.1) is 0 Å². The van der Waals surface area contributed by atoms with E-state index in [9.17, 15) is 0 Å². The molecule has 15 rings (SSSR count). The fourth-order valence-electron chi connectivity index (χ4n) is 13.6. The molecular weight excluding hydrogens is 1010 g/mol. The van der Waals surface area contributed by atoms with Crippen LogP contribution in [0.2, 0.25) is 0 Å². The minimum absolute atomic E-state index is 0.156. The van der Waals surface area contributed by atoms with Crippen molar-refractivity contribution in [2.75, 3.05) is 9.80 Å². The van der Waals surface area contributed by atoms with Gasteiger partial charge in [-0.2, -0.15) is 0 Å². The zero-order valence-corrected chi connectivity index (χ0v) is 48.8. The van der Waals surface area contributed by atoms with Crippen LogP contribution in [-0.2, 0) is 16.2 Å². The van der Waals surface area contributed by atoms with Crippen LogP contribution in [0.5, 0.6) is 11.5 Å². The average molecular weight is 1070 g/mol. The molecule has 12 aromatic rings. The van der Waals surface area contributed by atoms with E-state index >= 15 is 0 Å². The number of hydrogen-bond donors (Lipinski definition) is 0. The van der Waals surface area contributed by atoms with Crippen LogP contribution in [0.15, 0.2) is 237 Å². The normalized spacial score (nSPS) is 13.4. The van der Waals surface area contributed by atoms with Crippen molar-refractivity contribution in [1.82, 2.24) is 4.57 Å². The quantitative estimate of drug-likeness (QED) is 0.164. The van der Waals surface area contributed by atoms with E-state index in [1.807, 2.05) is 0 Å². The first-order chi connectivity index (χ1) is 40.1. The molecule has 0 radical (unpaired) electrons. The molecule has 3 aliphatic rings. The van der Waals surface area contributed by atoms with E-state index in [0.29, 0.717) is 0 Å². The third-order valence-electron chi connectivity index (χ3n) is 17.8. The SMILES string of the molecule is CC(C)(C)c1cc2c3c(c1)-c1ccccc1Oc1ccccc1-c1ccccc1N3c1cc(C(C)(C)C)cc3c1B2c1ccc(-n2c4ccccc4c4ccccc42)cc1N3c1c(-c2ccccc2)cc(C(C)(C)C)cc1-c1ccccc1. The molecule has 1 aromatic heterocycles. The van der Waals surface area contributed by atoms with Crippen molar-refractivity contribution in [2.24, 2.45) is 0 Å². The van der Waals surface area contributed by atoms with Crippen LogP contribution in [0.1, 0.15) is 79.0 Å². The highest BCUT2D eigenvalue weighted by molar-refractivity contribution is 7.00. The van der Waals surface area contributed by atoms with Gasteiger partial charge in [0.25, 0.3) is 6.71 Å². The molecule has 0 saturated heterocycles. The Morgan fingerprint density at radius 1 is 0.325 bits per heavy atom. The summed E-state index contributed by atoms with van der Waals surface area (Å²) >= 11 is 0. The van der Waals surface area contributed by atoms with Gasteiger partial charge in [-0.05, 0) is 133 Å². The molecule has 4 heterocycles. The fourth-order valence-corrected chi connectivity index (χ4v) is 13.6. The number of anilines is 6. The van der Waals surface area contributed by atoms with E-state index in [1.54, 1.807) is 0 Å². The van der Waals surface area contributed by atoms with Gasteiger partial charge in [0.05, 0.1) is 22.4 Å². The van der Waals surface area contributed by atoms with Crippen LogP contribution in [0.25, 0.3) is 72.0 Å². The summed E-state index contributed by atoms with van der Waals surface area (Å²) in [7, 11) is 0. The topological polar surface area (TPSA) is 20.6 Å². The highest BCUT2D eigenvalue weighted by Crippen LogP contribution is 2.56. The molecule has 0 aliphatic carbocycles. The second-order valence-electron chi connectivity index (χ2n) is 26.1. The van der Waals surface area contributed by atoms with E-state index in [4.69, 9.17) is 4.74 Å². The average Bonchev–Trinajstić information content (AvgIpc) is 2.93. The third kappa shape index (κ3) is 8.03. The van der Waals surface area contributed by atoms with Gasteiger partial charge in [0.15, 0.2) is 0 Å². The predicted molar refractivity (Wildman–Crippen MR) is 353 cm³/mol. The van der Waals surface area contributed by atoms with Crippen LogP contribution < -0.4 is 30.9 Å². The molecule has 0 amide bonds. The number of fused-ring (bicyclic) bond motifs is 13. The number of nitrogens with zero attached hydrogens (tertiary/aromatic N) is 3. The van der Waals surface area contributed by atoms with Crippen molar-refractivity contribution in [2.45, 2.75) is 78.6 Å². The molecule has 83 heavy (non-hydrogen) atoms. The molecular formula is C78H66BN3O. The molecule has 0 N–H and O–H groups in total. The summed E-state index contributed by atoms with van der Waals surface area (Å²) in [6, 6.07) is 88.9. The summed E-state index contributed by atoms with van der Waals surface area (Å²) in [6.45, 7) is 21.1. The number of para-hydroxylation sites is 5. The lowest BCUT2D eigenvalue weighted by molar-refractivity contribution is 0.486. The fraction of sp³-hybridized carbons (Fsp3) is 0.154. The second kappa shape index (κ2) is 18.6. The van der Waals surface area contributed by atoms with Crippen molar-refractivity contribution in [3.8, 4) is 61.7 Å². The predicted octanol–water partition coefficient (Wildman–Crippen LogP) is 19.5. The first-order valence-corrected chi connectivity index (χ1v) is 29.4. The van der Waals surface area contributed by atoms with Crippen molar-refractivity contribution >= 4 is 79.0 Å². The molecule has 402 valence electrons. The standard InChI is InChI=1S/C78H66BN3O/c1-76(2,3)51-42-60(49-26-12-10-13-27-49)74(61(43-51)50-28-14-11-15-29-50)82-68-48-54(80-65-35-21-16-30-55(65)56-31-17-22-36-66(56)80)40-41-63(68)79-64-45-52(77(4,5)6)44-62-59-34-20-25-39-72(59)83-71-38-24-19-33-58(71)57-32-18-23-37-67(57)81(75(62)64)69-46-53(78(7,8)9)47-70(82)73(69)79/h10-48H,1-9H3. The van der Waals surface area contributed by atoms with Gasteiger partial charge in [-0.3, -0.25) is 0 Å². The van der Waals surface area contributed by atoms with Crippen molar-refractivity contribution in [1.29, 1.82) is 0 Å². The van der Waals surface area contributed by atoms with Gasteiger partial charge in [-0.25, -0.2) is 0 Å². The summed E-state index contributed by atoms with van der Waals surface area (Å²) in [6.07, 6.45) is 0. The first kappa shape index (κ1) is 50.6.